The highest BCUT2D eigenvalue weighted by Gasteiger charge is 2.13. The molecule has 1 atom stereocenters. The monoisotopic (exact) mass is 202 g/mol. The fourth-order valence-electron chi connectivity index (χ4n) is 1.10. The molecule has 0 amide bonds. The number of hydrogen-bond donors (Lipinski definition) is 1. The maximum Gasteiger partial charge on any atom is 0.0917 e. The molecule has 13 heavy (non-hydrogen) atoms. The van der Waals surface area contributed by atoms with Gasteiger partial charge in [0.25, 0.3) is 0 Å². The van der Waals surface area contributed by atoms with Gasteiger partial charge in [0.15, 0.2) is 0 Å². The summed E-state index contributed by atoms with van der Waals surface area (Å²) >= 11 is 1.26. The van der Waals surface area contributed by atoms with Crippen molar-refractivity contribution in [1.29, 1.82) is 0 Å². The summed E-state index contributed by atoms with van der Waals surface area (Å²) in [4.78, 5) is 0.871. The Bertz CT molecular complexity index is 252. The van der Waals surface area contributed by atoms with Crippen LogP contribution in [-0.2, 0) is 4.74 Å². The van der Waals surface area contributed by atoms with Gasteiger partial charge in [-0.25, -0.2) is 0 Å². The molecule has 0 aliphatic heterocycles. The van der Waals surface area contributed by atoms with E-state index in [1.807, 2.05) is 6.92 Å². The Morgan fingerprint density at radius 3 is 2.92 bits per heavy atom. The van der Waals surface area contributed by atoms with Gasteiger partial charge in [-0.2, -0.15) is 0 Å². The average Bonchev–Trinajstić information content (AvgIpc) is 2.52. The van der Waals surface area contributed by atoms with Crippen molar-refractivity contribution < 1.29 is 9.84 Å². The van der Waals surface area contributed by atoms with E-state index in [1.165, 1.54) is 11.5 Å². The smallest absolute Gasteiger partial charge is 0.0917 e. The van der Waals surface area contributed by atoms with E-state index in [4.69, 9.17) is 4.74 Å². The largest absolute Gasteiger partial charge is 0.387 e. The van der Waals surface area contributed by atoms with Crippen LogP contribution in [0.1, 0.15) is 29.5 Å². The van der Waals surface area contributed by atoms with Crippen molar-refractivity contribution >= 4 is 11.5 Å². The Balaban J connectivity index is 2.39. The second-order valence-corrected chi connectivity index (χ2v) is 3.66. The van der Waals surface area contributed by atoms with Crippen LogP contribution < -0.4 is 0 Å². The van der Waals surface area contributed by atoms with E-state index >= 15 is 0 Å². The molecule has 0 bridgehead atoms. The van der Waals surface area contributed by atoms with Crippen molar-refractivity contribution in [3.8, 4) is 0 Å². The highest BCUT2D eigenvalue weighted by Crippen LogP contribution is 2.23. The summed E-state index contributed by atoms with van der Waals surface area (Å²) in [5.41, 5.74) is 0.829. The minimum Gasteiger partial charge on any atom is -0.387 e. The number of nitrogens with zero attached hydrogens (tertiary/aromatic N) is 2. The van der Waals surface area contributed by atoms with Gasteiger partial charge in [-0.1, -0.05) is 4.49 Å². The second kappa shape index (κ2) is 5.26. The van der Waals surface area contributed by atoms with E-state index in [9.17, 15) is 5.11 Å². The van der Waals surface area contributed by atoms with Crippen LogP contribution in [0.2, 0.25) is 0 Å². The first-order valence-corrected chi connectivity index (χ1v) is 4.99. The summed E-state index contributed by atoms with van der Waals surface area (Å²) in [5.74, 6) is 0. The summed E-state index contributed by atoms with van der Waals surface area (Å²) in [6, 6.07) is 0. The molecule has 1 aromatic heterocycles. The minimum absolute atomic E-state index is 0.435. The maximum absolute atomic E-state index is 9.69. The van der Waals surface area contributed by atoms with E-state index < -0.39 is 6.10 Å². The fourth-order valence-corrected chi connectivity index (χ4v) is 1.76. The van der Waals surface area contributed by atoms with E-state index in [1.54, 1.807) is 7.11 Å². The Morgan fingerprint density at radius 2 is 2.38 bits per heavy atom. The molecule has 0 saturated heterocycles. The molecule has 0 fully saturated rings. The van der Waals surface area contributed by atoms with Crippen LogP contribution in [0.15, 0.2) is 0 Å². The summed E-state index contributed by atoms with van der Waals surface area (Å²) in [7, 11) is 1.66. The summed E-state index contributed by atoms with van der Waals surface area (Å²) in [6.07, 6.45) is 1.13. The number of aryl methyl sites for hydroxylation is 1. The van der Waals surface area contributed by atoms with Crippen LogP contribution in [-0.4, -0.2) is 28.4 Å². The summed E-state index contributed by atoms with van der Waals surface area (Å²) < 4.78 is 8.67. The van der Waals surface area contributed by atoms with Gasteiger partial charge in [-0.05, 0) is 31.3 Å². The third-order valence-corrected chi connectivity index (χ3v) is 2.74. The minimum atomic E-state index is -0.435. The first kappa shape index (κ1) is 10.6. The van der Waals surface area contributed by atoms with E-state index in [0.29, 0.717) is 13.0 Å². The molecule has 1 heterocycles. The number of ether oxygens (including phenoxy) is 1. The van der Waals surface area contributed by atoms with Gasteiger partial charge in [-0.3, -0.25) is 0 Å². The Kier molecular flexibility index (Phi) is 4.27. The second-order valence-electron chi connectivity index (χ2n) is 2.87. The molecule has 0 aromatic carbocycles. The maximum atomic E-state index is 9.69. The molecule has 0 radical (unpaired) electrons. The van der Waals surface area contributed by atoms with Gasteiger partial charge in [0, 0.05) is 13.7 Å². The lowest BCUT2D eigenvalue weighted by atomic mass is 10.1. The molecule has 5 heteroatoms. The Hall–Kier alpha value is -0.520. The van der Waals surface area contributed by atoms with Crippen molar-refractivity contribution in [1.82, 2.24) is 9.59 Å². The molecule has 1 unspecified atom stereocenters. The third kappa shape index (κ3) is 3.02. The van der Waals surface area contributed by atoms with Crippen molar-refractivity contribution in [2.24, 2.45) is 0 Å². The molecular formula is C8H14N2O2S. The van der Waals surface area contributed by atoms with Gasteiger partial charge in [0.1, 0.15) is 0 Å². The molecular weight excluding hydrogens is 188 g/mol. The van der Waals surface area contributed by atoms with Crippen LogP contribution in [0.4, 0.5) is 0 Å². The number of aliphatic hydroxyl groups excluding tert-OH is 1. The molecule has 0 aliphatic carbocycles. The zero-order chi connectivity index (χ0) is 9.68. The van der Waals surface area contributed by atoms with Gasteiger partial charge in [0.05, 0.1) is 16.7 Å². The highest BCUT2D eigenvalue weighted by atomic mass is 32.1. The van der Waals surface area contributed by atoms with Crippen molar-refractivity contribution in [2.45, 2.75) is 25.9 Å². The van der Waals surface area contributed by atoms with E-state index in [-0.39, 0.29) is 0 Å². The van der Waals surface area contributed by atoms with Gasteiger partial charge in [0.2, 0.25) is 0 Å². The third-order valence-electron chi connectivity index (χ3n) is 1.82. The van der Waals surface area contributed by atoms with Crippen molar-refractivity contribution in [2.75, 3.05) is 13.7 Å². The van der Waals surface area contributed by atoms with Gasteiger partial charge >= 0.3 is 0 Å². The van der Waals surface area contributed by atoms with E-state index in [2.05, 4.69) is 9.59 Å². The Labute approximate surface area is 81.7 Å². The van der Waals surface area contributed by atoms with Crippen LogP contribution in [0, 0.1) is 6.92 Å². The average molecular weight is 202 g/mol. The highest BCUT2D eigenvalue weighted by molar-refractivity contribution is 7.05. The zero-order valence-corrected chi connectivity index (χ0v) is 8.67. The van der Waals surface area contributed by atoms with Crippen LogP contribution in [0.5, 0.6) is 0 Å². The number of aliphatic hydroxyl groups is 1. The standard InChI is InChI=1S/C8H14N2O2S/c1-6-8(13-10-9-6)7(11)4-3-5-12-2/h7,11H,3-5H2,1-2H3. The predicted octanol–water partition coefficient (Wildman–Crippen LogP) is 1.31. The number of aromatic nitrogens is 2. The molecule has 0 aliphatic rings. The molecule has 1 rings (SSSR count). The topological polar surface area (TPSA) is 55.2 Å². The zero-order valence-electron chi connectivity index (χ0n) is 7.86. The number of methoxy groups -OCH3 is 1. The molecule has 1 aromatic rings. The lowest BCUT2D eigenvalue weighted by Crippen LogP contribution is -1.99. The Morgan fingerprint density at radius 1 is 1.62 bits per heavy atom. The molecule has 1 N–H and O–H groups in total. The van der Waals surface area contributed by atoms with Crippen molar-refractivity contribution in [3.05, 3.63) is 10.6 Å². The SMILES string of the molecule is COCCCC(O)c1snnc1C. The van der Waals surface area contributed by atoms with Gasteiger partial charge < -0.3 is 9.84 Å². The quantitative estimate of drug-likeness (QED) is 0.731. The lowest BCUT2D eigenvalue weighted by molar-refractivity contribution is 0.138. The fraction of sp³-hybridized carbons (Fsp3) is 0.750. The van der Waals surface area contributed by atoms with Crippen LogP contribution >= 0.6 is 11.5 Å². The molecule has 74 valence electrons. The number of rotatable bonds is 5. The predicted molar refractivity (Wildman–Crippen MR) is 50.7 cm³/mol. The van der Waals surface area contributed by atoms with E-state index in [0.717, 1.165) is 17.0 Å². The van der Waals surface area contributed by atoms with Gasteiger partial charge in [-0.15, -0.1) is 5.10 Å². The summed E-state index contributed by atoms with van der Waals surface area (Å²) in [5, 5.41) is 13.5. The first-order valence-electron chi connectivity index (χ1n) is 4.21. The normalized spacial score (nSPS) is 13.2. The molecule has 0 saturated carbocycles. The first-order chi connectivity index (χ1) is 6.25. The lowest BCUT2D eigenvalue weighted by Gasteiger charge is -2.07. The van der Waals surface area contributed by atoms with Crippen LogP contribution in [0.3, 0.4) is 0 Å². The summed E-state index contributed by atoms with van der Waals surface area (Å²) in [6.45, 7) is 2.54. The number of hydrogen-bond acceptors (Lipinski definition) is 5. The molecule has 0 spiro atoms. The molecule has 4 nitrogen and oxygen atoms in total. The van der Waals surface area contributed by atoms with Crippen LogP contribution in [0.25, 0.3) is 0 Å². The van der Waals surface area contributed by atoms with Crippen molar-refractivity contribution in [3.63, 3.8) is 0 Å².